The Morgan fingerprint density at radius 1 is 1.10 bits per heavy atom. The molecule has 0 amide bonds. The average molecular weight is 287 g/mol. The van der Waals surface area contributed by atoms with Crippen LogP contribution in [0, 0.1) is 24.0 Å². The van der Waals surface area contributed by atoms with Crippen LogP contribution >= 0.6 is 0 Å². The molecule has 0 saturated carbocycles. The lowest BCUT2D eigenvalue weighted by atomic mass is 9.94. The second-order valence-electron chi connectivity index (χ2n) is 4.68. The monoisotopic (exact) mass is 287 g/mol. The van der Waals surface area contributed by atoms with E-state index in [1.54, 1.807) is 32.0 Å². The summed E-state index contributed by atoms with van der Waals surface area (Å²) >= 11 is 0. The smallest absolute Gasteiger partial charge is 0.352 e. The van der Waals surface area contributed by atoms with Crippen molar-refractivity contribution in [2.24, 2.45) is 0 Å². The van der Waals surface area contributed by atoms with Gasteiger partial charge in [0.25, 0.3) is 0 Å². The van der Waals surface area contributed by atoms with E-state index in [0.29, 0.717) is 16.7 Å². The molecule has 0 aliphatic heterocycles. The fourth-order valence-electron chi connectivity index (χ4n) is 2.24. The highest BCUT2D eigenvalue weighted by Crippen LogP contribution is 2.39. The predicted octanol–water partition coefficient (Wildman–Crippen LogP) is 2.85. The Balaban J connectivity index is 2.65. The summed E-state index contributed by atoms with van der Waals surface area (Å²) in [5.74, 6) is -2.03. The number of ketones is 1. The second kappa shape index (κ2) is 5.24. The van der Waals surface area contributed by atoms with Gasteiger partial charge >= 0.3 is 5.69 Å². The first-order valence-corrected chi connectivity index (χ1v) is 6.14. The molecule has 0 atom stereocenters. The van der Waals surface area contributed by atoms with Gasteiger partial charge in [0, 0.05) is 5.56 Å². The largest absolute Gasteiger partial charge is 0.502 e. The first kappa shape index (κ1) is 14.5. The normalized spacial score (nSPS) is 10.4. The van der Waals surface area contributed by atoms with Crippen molar-refractivity contribution < 1.29 is 19.9 Å². The third-order valence-corrected chi connectivity index (χ3v) is 3.27. The summed E-state index contributed by atoms with van der Waals surface area (Å²) < 4.78 is 0. The molecule has 2 N–H and O–H groups in total. The second-order valence-corrected chi connectivity index (χ2v) is 4.68. The zero-order valence-corrected chi connectivity index (χ0v) is 11.5. The van der Waals surface area contributed by atoms with E-state index in [9.17, 15) is 25.1 Å². The molecule has 2 aromatic rings. The van der Waals surface area contributed by atoms with Gasteiger partial charge in [0.1, 0.15) is 0 Å². The topological polar surface area (TPSA) is 101 Å². The maximum Gasteiger partial charge on any atom is 0.352 e. The van der Waals surface area contributed by atoms with Crippen LogP contribution in [0.3, 0.4) is 0 Å². The van der Waals surface area contributed by atoms with Gasteiger partial charge in [0.2, 0.25) is 5.75 Å². The van der Waals surface area contributed by atoms with Gasteiger partial charge in [-0.2, -0.15) is 0 Å². The quantitative estimate of drug-likeness (QED) is 0.513. The number of hydrogen-bond donors (Lipinski definition) is 2. The number of nitro groups is 1. The molecule has 6 heteroatoms. The lowest BCUT2D eigenvalue weighted by molar-refractivity contribution is -0.386. The van der Waals surface area contributed by atoms with Crippen molar-refractivity contribution in [2.75, 3.05) is 0 Å². The maximum absolute atomic E-state index is 12.5. The van der Waals surface area contributed by atoms with Crippen LogP contribution in [0.5, 0.6) is 11.5 Å². The first-order valence-electron chi connectivity index (χ1n) is 6.14. The predicted molar refractivity (Wildman–Crippen MR) is 75.8 cm³/mol. The number of benzene rings is 2. The van der Waals surface area contributed by atoms with Crippen molar-refractivity contribution in [1.82, 2.24) is 0 Å². The molecule has 0 unspecified atom stereocenters. The van der Waals surface area contributed by atoms with Crippen molar-refractivity contribution in [3.8, 4) is 11.5 Å². The van der Waals surface area contributed by atoms with Gasteiger partial charge in [-0.3, -0.25) is 14.9 Å². The Morgan fingerprint density at radius 3 is 2.19 bits per heavy atom. The Hall–Kier alpha value is -2.89. The van der Waals surface area contributed by atoms with E-state index in [1.165, 1.54) is 6.07 Å². The molecule has 0 aliphatic carbocycles. The molecular weight excluding hydrogens is 274 g/mol. The van der Waals surface area contributed by atoms with Gasteiger partial charge in [-0.25, -0.2) is 0 Å². The van der Waals surface area contributed by atoms with E-state index in [4.69, 9.17) is 0 Å². The Labute approximate surface area is 120 Å². The van der Waals surface area contributed by atoms with Gasteiger partial charge < -0.3 is 10.2 Å². The minimum absolute atomic E-state index is 0.211. The molecular formula is C15H13NO5. The summed E-state index contributed by atoms with van der Waals surface area (Å²) in [5, 5.41) is 30.2. The van der Waals surface area contributed by atoms with E-state index in [-0.39, 0.29) is 5.56 Å². The summed E-state index contributed by atoms with van der Waals surface area (Å²) in [6, 6.07) is 7.48. The summed E-state index contributed by atoms with van der Waals surface area (Å²) in [7, 11) is 0. The third-order valence-electron chi connectivity index (χ3n) is 3.27. The molecule has 0 bridgehead atoms. The molecule has 108 valence electrons. The van der Waals surface area contributed by atoms with Crippen LogP contribution in [0.4, 0.5) is 5.69 Å². The van der Waals surface area contributed by atoms with E-state index >= 15 is 0 Å². The van der Waals surface area contributed by atoms with E-state index in [2.05, 4.69) is 0 Å². The number of aromatic hydroxyl groups is 2. The minimum atomic E-state index is -0.924. The Morgan fingerprint density at radius 2 is 1.67 bits per heavy atom. The highest BCUT2D eigenvalue weighted by Gasteiger charge is 2.27. The van der Waals surface area contributed by atoms with Crippen LogP contribution < -0.4 is 0 Å². The molecule has 0 heterocycles. The molecule has 0 aromatic heterocycles. The summed E-state index contributed by atoms with van der Waals surface area (Å²) in [5.41, 5.74) is 0.710. The zero-order chi connectivity index (χ0) is 15.7. The van der Waals surface area contributed by atoms with Crippen molar-refractivity contribution in [1.29, 1.82) is 0 Å². The van der Waals surface area contributed by atoms with E-state index in [1.807, 2.05) is 0 Å². The number of phenols is 2. The Bertz CT molecular complexity index is 732. The lowest BCUT2D eigenvalue weighted by Crippen LogP contribution is -2.07. The fourth-order valence-corrected chi connectivity index (χ4v) is 2.24. The highest BCUT2D eigenvalue weighted by atomic mass is 16.6. The van der Waals surface area contributed by atoms with Gasteiger partial charge in [-0.15, -0.1) is 0 Å². The van der Waals surface area contributed by atoms with Crippen LogP contribution in [-0.2, 0) is 0 Å². The molecule has 0 spiro atoms. The lowest BCUT2D eigenvalue weighted by Gasteiger charge is -2.10. The fraction of sp³-hybridized carbons (Fsp3) is 0.133. The zero-order valence-electron chi connectivity index (χ0n) is 11.5. The number of phenolic OH excluding ortho intramolecular Hbond substituents is 2. The molecule has 6 nitrogen and oxygen atoms in total. The number of carbonyl (C=O) groups excluding carboxylic acids is 1. The molecule has 0 radical (unpaired) electrons. The Kier molecular flexibility index (Phi) is 3.62. The molecule has 0 aliphatic rings. The SMILES string of the molecule is Cc1cccc(C)c1C(=O)c1ccc(O)c([N+](=O)[O-])c1O. The van der Waals surface area contributed by atoms with Crippen molar-refractivity contribution in [3.05, 3.63) is 62.7 Å². The number of nitro benzene ring substituents is 1. The maximum atomic E-state index is 12.5. The molecule has 21 heavy (non-hydrogen) atoms. The van der Waals surface area contributed by atoms with Gasteiger partial charge in [0.15, 0.2) is 11.5 Å². The van der Waals surface area contributed by atoms with Crippen LogP contribution in [-0.4, -0.2) is 20.9 Å². The first-order chi connectivity index (χ1) is 9.84. The number of aryl methyl sites for hydroxylation is 2. The summed E-state index contributed by atoms with van der Waals surface area (Å²) in [4.78, 5) is 22.5. The number of nitrogens with zero attached hydrogens (tertiary/aromatic N) is 1. The van der Waals surface area contributed by atoms with Crippen LogP contribution in [0.25, 0.3) is 0 Å². The highest BCUT2D eigenvalue weighted by molar-refractivity contribution is 6.13. The molecule has 0 fully saturated rings. The van der Waals surface area contributed by atoms with Gasteiger partial charge in [-0.05, 0) is 37.1 Å². The number of hydrogen-bond acceptors (Lipinski definition) is 5. The van der Waals surface area contributed by atoms with E-state index < -0.39 is 27.9 Å². The van der Waals surface area contributed by atoms with Crippen molar-refractivity contribution in [2.45, 2.75) is 13.8 Å². The summed E-state index contributed by atoms with van der Waals surface area (Å²) in [6.45, 7) is 3.48. The molecule has 2 aromatic carbocycles. The minimum Gasteiger partial charge on any atom is -0.502 e. The molecule has 0 saturated heterocycles. The van der Waals surface area contributed by atoms with Crippen molar-refractivity contribution in [3.63, 3.8) is 0 Å². The van der Waals surface area contributed by atoms with E-state index in [0.717, 1.165) is 6.07 Å². The van der Waals surface area contributed by atoms with Crippen LogP contribution in [0.1, 0.15) is 27.0 Å². The third kappa shape index (κ3) is 2.43. The van der Waals surface area contributed by atoms with Crippen molar-refractivity contribution >= 4 is 11.5 Å². The number of carbonyl (C=O) groups is 1. The van der Waals surface area contributed by atoms with Gasteiger partial charge in [0.05, 0.1) is 10.5 Å². The number of rotatable bonds is 3. The summed E-state index contributed by atoms with van der Waals surface area (Å²) in [6.07, 6.45) is 0. The van der Waals surface area contributed by atoms with Gasteiger partial charge in [-0.1, -0.05) is 18.2 Å². The standard InChI is InChI=1S/C15H13NO5/c1-8-4-3-5-9(2)12(8)14(18)10-6-7-11(17)13(15(10)19)16(20)21/h3-7,17,19H,1-2H3. The molecule has 2 rings (SSSR count). The van der Waals surface area contributed by atoms with Crippen LogP contribution in [0.15, 0.2) is 30.3 Å². The average Bonchev–Trinajstić information content (AvgIpc) is 2.37. The van der Waals surface area contributed by atoms with Crippen LogP contribution in [0.2, 0.25) is 0 Å².